The number of benzene rings is 3. The number of rotatable bonds is 8. The number of aromatic carboxylic acids is 2. The van der Waals surface area contributed by atoms with Crippen LogP contribution in [0.5, 0.6) is 0 Å². The number of hydrogen-bond acceptors (Lipinski definition) is 3. The highest BCUT2D eigenvalue weighted by Gasteiger charge is 2.22. The van der Waals surface area contributed by atoms with Crippen molar-refractivity contribution in [1.82, 2.24) is 0 Å². The van der Waals surface area contributed by atoms with Crippen LogP contribution >= 0.6 is 0 Å². The van der Waals surface area contributed by atoms with Crippen LogP contribution in [0.1, 0.15) is 43.0 Å². The Hall–Kier alpha value is -3.44. The molecule has 28 heavy (non-hydrogen) atoms. The van der Waals surface area contributed by atoms with Gasteiger partial charge in [0.1, 0.15) is 0 Å². The van der Waals surface area contributed by atoms with Crippen molar-refractivity contribution in [2.24, 2.45) is 0 Å². The van der Waals surface area contributed by atoms with E-state index in [4.69, 9.17) is 4.74 Å². The first kappa shape index (κ1) is 19.3. The fraction of sp³-hybridized carbons (Fsp3) is 0.130. The van der Waals surface area contributed by atoms with Gasteiger partial charge in [-0.1, -0.05) is 66.7 Å². The van der Waals surface area contributed by atoms with E-state index in [1.54, 1.807) is 6.07 Å². The van der Waals surface area contributed by atoms with Crippen LogP contribution in [0.2, 0.25) is 0 Å². The molecule has 0 aromatic heterocycles. The fourth-order valence-corrected chi connectivity index (χ4v) is 3.12. The van der Waals surface area contributed by atoms with Gasteiger partial charge in [0.2, 0.25) is 0 Å². The van der Waals surface area contributed by atoms with Crippen molar-refractivity contribution in [1.29, 1.82) is 0 Å². The SMILES string of the molecule is O=C(O)c1ccc(Cc2ccccc2)c(C(=O)O)c1COCc1ccccc1. The molecule has 5 nitrogen and oxygen atoms in total. The summed E-state index contributed by atoms with van der Waals surface area (Å²) < 4.78 is 5.67. The first-order valence-corrected chi connectivity index (χ1v) is 8.83. The molecular weight excluding hydrogens is 356 g/mol. The lowest BCUT2D eigenvalue weighted by molar-refractivity contribution is 0.0672. The summed E-state index contributed by atoms with van der Waals surface area (Å²) in [7, 11) is 0. The Kier molecular flexibility index (Phi) is 6.19. The Morgan fingerprint density at radius 3 is 1.89 bits per heavy atom. The molecule has 0 aliphatic heterocycles. The molecule has 5 heteroatoms. The maximum atomic E-state index is 12.0. The van der Waals surface area contributed by atoms with Gasteiger partial charge in [0.25, 0.3) is 0 Å². The molecule has 0 saturated heterocycles. The van der Waals surface area contributed by atoms with E-state index in [-0.39, 0.29) is 29.9 Å². The van der Waals surface area contributed by atoms with E-state index in [1.807, 2.05) is 60.7 Å². The Morgan fingerprint density at radius 2 is 1.32 bits per heavy atom. The molecule has 0 bridgehead atoms. The number of ether oxygens (including phenoxy) is 1. The van der Waals surface area contributed by atoms with Crippen LogP contribution in [0.4, 0.5) is 0 Å². The van der Waals surface area contributed by atoms with Gasteiger partial charge in [-0.25, -0.2) is 9.59 Å². The third-order valence-electron chi connectivity index (χ3n) is 4.44. The first-order valence-electron chi connectivity index (χ1n) is 8.83. The molecule has 0 spiro atoms. The van der Waals surface area contributed by atoms with E-state index < -0.39 is 11.9 Å². The quantitative estimate of drug-likeness (QED) is 0.609. The number of hydrogen-bond donors (Lipinski definition) is 2. The minimum absolute atomic E-state index is 0.00295. The maximum Gasteiger partial charge on any atom is 0.336 e. The summed E-state index contributed by atoms with van der Waals surface area (Å²) in [5.41, 5.74) is 2.56. The van der Waals surface area contributed by atoms with E-state index in [0.717, 1.165) is 11.1 Å². The molecule has 0 aliphatic carbocycles. The molecule has 0 unspecified atom stereocenters. The molecule has 3 aromatic rings. The molecule has 2 N–H and O–H groups in total. The lowest BCUT2D eigenvalue weighted by Gasteiger charge is -2.15. The highest BCUT2D eigenvalue weighted by Crippen LogP contribution is 2.24. The van der Waals surface area contributed by atoms with Crippen LogP contribution in [0.3, 0.4) is 0 Å². The largest absolute Gasteiger partial charge is 0.478 e. The van der Waals surface area contributed by atoms with Crippen molar-refractivity contribution >= 4 is 11.9 Å². The first-order chi connectivity index (χ1) is 13.6. The van der Waals surface area contributed by atoms with Crippen molar-refractivity contribution in [3.63, 3.8) is 0 Å². The van der Waals surface area contributed by atoms with Gasteiger partial charge < -0.3 is 14.9 Å². The molecule has 3 aromatic carbocycles. The zero-order valence-electron chi connectivity index (χ0n) is 15.2. The summed E-state index contributed by atoms with van der Waals surface area (Å²) in [4.78, 5) is 23.6. The number of carboxylic acid groups (broad SMARTS) is 2. The van der Waals surface area contributed by atoms with E-state index in [2.05, 4.69) is 0 Å². The predicted molar refractivity (Wildman–Crippen MR) is 105 cm³/mol. The fourth-order valence-electron chi connectivity index (χ4n) is 3.12. The second-order valence-corrected chi connectivity index (χ2v) is 6.38. The molecule has 0 heterocycles. The van der Waals surface area contributed by atoms with Gasteiger partial charge >= 0.3 is 11.9 Å². The minimum atomic E-state index is -1.17. The molecule has 3 rings (SSSR count). The monoisotopic (exact) mass is 376 g/mol. The summed E-state index contributed by atoms with van der Waals surface area (Å²) in [6.07, 6.45) is 0.397. The zero-order chi connectivity index (χ0) is 19.9. The van der Waals surface area contributed by atoms with E-state index in [9.17, 15) is 19.8 Å². The average Bonchev–Trinajstić information content (AvgIpc) is 2.69. The molecule has 0 fully saturated rings. The van der Waals surface area contributed by atoms with Crippen LogP contribution in [0, 0.1) is 0 Å². The second kappa shape index (κ2) is 8.97. The molecule has 0 saturated carbocycles. The second-order valence-electron chi connectivity index (χ2n) is 6.38. The van der Waals surface area contributed by atoms with Gasteiger partial charge in [0.15, 0.2) is 0 Å². The van der Waals surface area contributed by atoms with Crippen molar-refractivity contribution in [3.05, 3.63) is 106 Å². The van der Waals surface area contributed by atoms with Gasteiger partial charge in [-0.2, -0.15) is 0 Å². The van der Waals surface area contributed by atoms with Gasteiger partial charge in [0, 0.05) is 5.56 Å². The molecule has 0 amide bonds. The van der Waals surface area contributed by atoms with Crippen LogP contribution in [0.25, 0.3) is 0 Å². The summed E-state index contributed by atoms with van der Waals surface area (Å²) in [5.74, 6) is -2.33. The molecule has 0 atom stereocenters. The summed E-state index contributed by atoms with van der Waals surface area (Å²) >= 11 is 0. The van der Waals surface area contributed by atoms with Gasteiger partial charge in [-0.3, -0.25) is 0 Å². The smallest absolute Gasteiger partial charge is 0.336 e. The summed E-state index contributed by atoms with van der Waals surface area (Å²) in [6, 6.07) is 21.9. The highest BCUT2D eigenvalue weighted by atomic mass is 16.5. The van der Waals surface area contributed by atoms with Crippen LogP contribution < -0.4 is 0 Å². The third-order valence-corrected chi connectivity index (χ3v) is 4.44. The van der Waals surface area contributed by atoms with Crippen LogP contribution in [0.15, 0.2) is 72.8 Å². The zero-order valence-corrected chi connectivity index (χ0v) is 15.2. The predicted octanol–water partition coefficient (Wildman–Crippen LogP) is 4.39. The van der Waals surface area contributed by atoms with Gasteiger partial charge in [0.05, 0.1) is 24.3 Å². The normalized spacial score (nSPS) is 10.6. The average molecular weight is 376 g/mol. The molecule has 0 radical (unpaired) electrons. The topological polar surface area (TPSA) is 83.8 Å². The number of carbonyl (C=O) groups is 2. The standard InChI is InChI=1S/C23H20O5/c24-22(25)19-12-11-18(13-16-7-3-1-4-8-16)21(23(26)27)20(19)15-28-14-17-9-5-2-6-10-17/h1-12H,13-15H2,(H,24,25)(H,26,27). The van der Waals surface area contributed by atoms with Crippen molar-refractivity contribution in [2.45, 2.75) is 19.6 Å². The molecular formula is C23H20O5. The highest BCUT2D eigenvalue weighted by molar-refractivity contribution is 5.97. The molecule has 0 aliphatic rings. The van der Waals surface area contributed by atoms with Gasteiger partial charge in [-0.15, -0.1) is 0 Å². The lowest BCUT2D eigenvalue weighted by atomic mass is 9.92. The third kappa shape index (κ3) is 4.64. The Morgan fingerprint density at radius 1 is 0.714 bits per heavy atom. The minimum Gasteiger partial charge on any atom is -0.478 e. The Labute approximate surface area is 162 Å². The Bertz CT molecular complexity index is 965. The van der Waals surface area contributed by atoms with Gasteiger partial charge in [-0.05, 0) is 29.2 Å². The Balaban J connectivity index is 1.93. The van der Waals surface area contributed by atoms with Crippen LogP contribution in [-0.2, 0) is 24.4 Å². The number of carboxylic acids is 2. The summed E-state index contributed by atoms with van der Waals surface area (Å²) in [6.45, 7) is 0.169. The van der Waals surface area contributed by atoms with E-state index in [0.29, 0.717) is 12.0 Å². The van der Waals surface area contributed by atoms with E-state index in [1.165, 1.54) is 6.07 Å². The lowest BCUT2D eigenvalue weighted by Crippen LogP contribution is -2.14. The van der Waals surface area contributed by atoms with Crippen molar-refractivity contribution in [3.8, 4) is 0 Å². The van der Waals surface area contributed by atoms with Crippen molar-refractivity contribution in [2.75, 3.05) is 0 Å². The van der Waals surface area contributed by atoms with E-state index >= 15 is 0 Å². The maximum absolute atomic E-state index is 12.0. The van der Waals surface area contributed by atoms with Crippen molar-refractivity contribution < 1.29 is 24.5 Å². The van der Waals surface area contributed by atoms with Crippen LogP contribution in [-0.4, -0.2) is 22.2 Å². The summed E-state index contributed by atoms with van der Waals surface area (Å²) in [5, 5.41) is 19.3. The molecule has 142 valence electrons.